The molecule has 1 aromatic carbocycles. The molecule has 1 N–H and O–H groups in total. The highest BCUT2D eigenvalue weighted by Gasteiger charge is 2.07. The summed E-state index contributed by atoms with van der Waals surface area (Å²) >= 11 is 3.39. The average molecular weight is 250 g/mol. The number of hydrogen-bond acceptors (Lipinski definition) is 2. The minimum Gasteiger partial charge on any atom is -0.507 e. The van der Waals surface area contributed by atoms with Crippen LogP contribution in [0, 0.1) is 0 Å². The number of nitrogens with zero attached hydrogens (tertiary/aromatic N) is 1. The molecule has 2 rings (SSSR count). The zero-order chi connectivity index (χ0) is 9.97. The number of phenolic OH excluding ortho intramolecular Hbond substituents is 1. The van der Waals surface area contributed by atoms with Crippen molar-refractivity contribution >= 4 is 15.9 Å². The van der Waals surface area contributed by atoms with Crippen LogP contribution in [0.15, 0.2) is 47.1 Å². The van der Waals surface area contributed by atoms with Gasteiger partial charge in [-0.1, -0.05) is 12.1 Å². The first-order chi connectivity index (χ1) is 6.79. The Bertz CT molecular complexity index is 413. The predicted octanol–water partition coefficient (Wildman–Crippen LogP) is 3.22. The lowest BCUT2D eigenvalue weighted by Gasteiger charge is -2.04. The largest absolute Gasteiger partial charge is 0.507 e. The number of benzene rings is 1. The molecule has 0 spiro atoms. The van der Waals surface area contributed by atoms with Gasteiger partial charge in [0.15, 0.2) is 0 Å². The molecular formula is C11H8BrNO. The van der Waals surface area contributed by atoms with E-state index in [9.17, 15) is 5.11 Å². The minimum atomic E-state index is 0.243. The number of phenols is 1. The molecule has 1 aromatic heterocycles. The predicted molar refractivity (Wildman–Crippen MR) is 59.0 cm³/mol. The number of hydrogen-bond donors (Lipinski definition) is 1. The van der Waals surface area contributed by atoms with Crippen molar-refractivity contribution in [1.29, 1.82) is 0 Å². The van der Waals surface area contributed by atoms with Crippen molar-refractivity contribution in [2.45, 2.75) is 0 Å². The van der Waals surface area contributed by atoms with E-state index in [1.807, 2.05) is 24.3 Å². The second kappa shape index (κ2) is 3.80. The first kappa shape index (κ1) is 9.21. The van der Waals surface area contributed by atoms with Gasteiger partial charge in [0.2, 0.25) is 0 Å². The molecule has 0 aliphatic rings. The molecule has 0 saturated carbocycles. The Labute approximate surface area is 90.4 Å². The van der Waals surface area contributed by atoms with Gasteiger partial charge < -0.3 is 5.11 Å². The van der Waals surface area contributed by atoms with Crippen molar-refractivity contribution in [2.75, 3.05) is 0 Å². The molecule has 0 fully saturated rings. The fourth-order valence-corrected chi connectivity index (χ4v) is 1.73. The second-order valence-corrected chi connectivity index (χ2v) is 3.71. The Balaban J connectivity index is 2.61. The van der Waals surface area contributed by atoms with Crippen LogP contribution in [-0.4, -0.2) is 10.1 Å². The zero-order valence-electron chi connectivity index (χ0n) is 7.31. The third-order valence-corrected chi connectivity index (χ3v) is 2.56. The molecule has 2 nitrogen and oxygen atoms in total. The minimum absolute atomic E-state index is 0.243. The highest BCUT2D eigenvalue weighted by molar-refractivity contribution is 9.10. The number of aromatic nitrogens is 1. The molecule has 14 heavy (non-hydrogen) atoms. The van der Waals surface area contributed by atoms with Gasteiger partial charge in [0.25, 0.3) is 0 Å². The Morgan fingerprint density at radius 2 is 1.86 bits per heavy atom. The topological polar surface area (TPSA) is 33.1 Å². The van der Waals surface area contributed by atoms with Gasteiger partial charge in [0.05, 0.1) is 5.69 Å². The normalized spacial score (nSPS) is 10.1. The summed E-state index contributed by atoms with van der Waals surface area (Å²) in [7, 11) is 0. The Hall–Kier alpha value is -1.35. The van der Waals surface area contributed by atoms with Gasteiger partial charge in [-0.25, -0.2) is 0 Å². The fourth-order valence-electron chi connectivity index (χ4n) is 1.26. The van der Waals surface area contributed by atoms with Crippen molar-refractivity contribution in [3.05, 3.63) is 47.1 Å². The smallest absolute Gasteiger partial charge is 0.125 e. The molecule has 0 saturated heterocycles. The van der Waals surface area contributed by atoms with Gasteiger partial charge in [-0.05, 0) is 40.2 Å². The van der Waals surface area contributed by atoms with E-state index in [2.05, 4.69) is 20.9 Å². The van der Waals surface area contributed by atoms with E-state index in [0.717, 1.165) is 15.7 Å². The van der Waals surface area contributed by atoms with Gasteiger partial charge in [-0.15, -0.1) is 0 Å². The summed E-state index contributed by atoms with van der Waals surface area (Å²) in [4.78, 5) is 4.20. The van der Waals surface area contributed by atoms with Crippen LogP contribution >= 0.6 is 15.9 Å². The SMILES string of the molecule is Oc1ccccc1-c1ncccc1Br. The van der Waals surface area contributed by atoms with Crippen LogP contribution in [0.3, 0.4) is 0 Å². The zero-order valence-corrected chi connectivity index (χ0v) is 8.90. The highest BCUT2D eigenvalue weighted by Crippen LogP contribution is 2.31. The summed E-state index contributed by atoms with van der Waals surface area (Å²) in [6, 6.07) is 10.9. The van der Waals surface area contributed by atoms with Crippen LogP contribution in [0.2, 0.25) is 0 Å². The highest BCUT2D eigenvalue weighted by atomic mass is 79.9. The average Bonchev–Trinajstić information content (AvgIpc) is 2.20. The number of pyridine rings is 1. The maximum Gasteiger partial charge on any atom is 0.125 e. The quantitative estimate of drug-likeness (QED) is 0.842. The van der Waals surface area contributed by atoms with E-state index in [-0.39, 0.29) is 5.75 Å². The number of aromatic hydroxyl groups is 1. The third kappa shape index (κ3) is 1.63. The maximum atomic E-state index is 9.63. The molecule has 1 heterocycles. The maximum absolute atomic E-state index is 9.63. The van der Waals surface area contributed by atoms with Gasteiger partial charge in [0.1, 0.15) is 5.75 Å². The van der Waals surface area contributed by atoms with Crippen LogP contribution < -0.4 is 0 Å². The summed E-state index contributed by atoms with van der Waals surface area (Å²) in [5.74, 6) is 0.243. The van der Waals surface area contributed by atoms with Gasteiger partial charge in [0, 0.05) is 16.2 Å². The second-order valence-electron chi connectivity index (χ2n) is 2.85. The van der Waals surface area contributed by atoms with Crippen LogP contribution in [0.25, 0.3) is 11.3 Å². The lowest BCUT2D eigenvalue weighted by Crippen LogP contribution is -1.84. The summed E-state index contributed by atoms with van der Waals surface area (Å²) in [6.45, 7) is 0. The molecule has 0 radical (unpaired) electrons. The van der Waals surface area contributed by atoms with Crippen molar-refractivity contribution in [1.82, 2.24) is 4.98 Å². The lowest BCUT2D eigenvalue weighted by molar-refractivity contribution is 0.477. The van der Waals surface area contributed by atoms with Gasteiger partial charge in [-0.3, -0.25) is 4.98 Å². The standard InChI is InChI=1S/C11H8BrNO/c12-9-5-3-7-13-11(9)8-4-1-2-6-10(8)14/h1-7,14H. The van der Waals surface area contributed by atoms with E-state index in [1.165, 1.54) is 0 Å². The Morgan fingerprint density at radius 3 is 2.57 bits per heavy atom. The Kier molecular flexibility index (Phi) is 2.50. The van der Waals surface area contributed by atoms with Crippen molar-refractivity contribution in [2.24, 2.45) is 0 Å². The van der Waals surface area contributed by atoms with Crippen LogP contribution in [-0.2, 0) is 0 Å². The van der Waals surface area contributed by atoms with Crippen LogP contribution in [0.4, 0.5) is 0 Å². The molecule has 70 valence electrons. The van der Waals surface area contributed by atoms with Crippen molar-refractivity contribution in [3.63, 3.8) is 0 Å². The van der Waals surface area contributed by atoms with Gasteiger partial charge in [-0.2, -0.15) is 0 Å². The molecule has 0 unspecified atom stereocenters. The van der Waals surface area contributed by atoms with E-state index < -0.39 is 0 Å². The lowest BCUT2D eigenvalue weighted by atomic mass is 10.1. The van der Waals surface area contributed by atoms with Crippen molar-refractivity contribution in [3.8, 4) is 17.0 Å². The first-order valence-electron chi connectivity index (χ1n) is 4.18. The van der Waals surface area contributed by atoms with E-state index >= 15 is 0 Å². The third-order valence-electron chi connectivity index (χ3n) is 1.92. The van der Waals surface area contributed by atoms with Crippen molar-refractivity contribution < 1.29 is 5.11 Å². The van der Waals surface area contributed by atoms with E-state index in [0.29, 0.717) is 0 Å². The molecule has 3 heteroatoms. The number of halogens is 1. The van der Waals surface area contributed by atoms with Crippen LogP contribution in [0.1, 0.15) is 0 Å². The monoisotopic (exact) mass is 249 g/mol. The molecular weight excluding hydrogens is 242 g/mol. The molecule has 0 aliphatic heterocycles. The van der Waals surface area contributed by atoms with Crippen LogP contribution in [0.5, 0.6) is 5.75 Å². The summed E-state index contributed by atoms with van der Waals surface area (Å²) in [6.07, 6.45) is 1.70. The summed E-state index contributed by atoms with van der Waals surface area (Å²) < 4.78 is 0.876. The number of rotatable bonds is 1. The molecule has 0 amide bonds. The fraction of sp³-hybridized carbons (Fsp3) is 0. The Morgan fingerprint density at radius 1 is 1.07 bits per heavy atom. The number of para-hydroxylation sites is 1. The van der Waals surface area contributed by atoms with E-state index in [1.54, 1.807) is 18.3 Å². The molecule has 2 aromatic rings. The summed E-state index contributed by atoms with van der Waals surface area (Å²) in [5, 5.41) is 9.63. The van der Waals surface area contributed by atoms with E-state index in [4.69, 9.17) is 0 Å². The first-order valence-corrected chi connectivity index (χ1v) is 4.97. The molecule has 0 bridgehead atoms. The van der Waals surface area contributed by atoms with Gasteiger partial charge >= 0.3 is 0 Å². The summed E-state index contributed by atoms with van der Waals surface area (Å²) in [5.41, 5.74) is 1.49. The molecule has 0 atom stereocenters. The molecule has 0 aliphatic carbocycles.